The van der Waals surface area contributed by atoms with Gasteiger partial charge in [-0.2, -0.15) is 0 Å². The van der Waals surface area contributed by atoms with Crippen LogP contribution in [0.2, 0.25) is 0 Å². The fourth-order valence-corrected chi connectivity index (χ4v) is 1.80. The van der Waals surface area contributed by atoms with Gasteiger partial charge < -0.3 is 4.98 Å². The number of benzene rings is 1. The van der Waals surface area contributed by atoms with Gasteiger partial charge in [-0.25, -0.2) is 4.39 Å². The number of aromatic nitrogens is 1. The van der Waals surface area contributed by atoms with Gasteiger partial charge in [-0.1, -0.05) is 0 Å². The van der Waals surface area contributed by atoms with E-state index in [1.54, 1.807) is 6.07 Å². The molecule has 3 rings (SSSR count). The largest absolute Gasteiger partial charge is 0.361 e. The van der Waals surface area contributed by atoms with Gasteiger partial charge in [0, 0.05) is 17.1 Å². The molecule has 1 heterocycles. The number of H-pyrrole nitrogens is 1. The molecule has 1 aromatic heterocycles. The Hall–Kier alpha value is -1.31. The molecule has 1 aliphatic carbocycles. The molecule has 0 saturated heterocycles. The topological polar surface area (TPSA) is 15.8 Å². The van der Waals surface area contributed by atoms with E-state index in [1.165, 1.54) is 0 Å². The van der Waals surface area contributed by atoms with E-state index in [2.05, 4.69) is 4.98 Å². The highest BCUT2D eigenvalue weighted by molar-refractivity contribution is 5.80. The molecule has 0 radical (unpaired) electrons. The van der Waals surface area contributed by atoms with E-state index in [-0.39, 0.29) is 5.82 Å². The van der Waals surface area contributed by atoms with Crippen molar-refractivity contribution in [1.82, 2.24) is 4.98 Å². The molecule has 0 unspecified atom stereocenters. The molecule has 0 aliphatic heterocycles. The Morgan fingerprint density at radius 2 is 2.15 bits per heavy atom. The lowest BCUT2D eigenvalue weighted by molar-refractivity contribution is 0.613. The molecule has 1 fully saturated rings. The van der Waals surface area contributed by atoms with Gasteiger partial charge in [0.1, 0.15) is 5.82 Å². The number of nitrogens with one attached hydrogen (secondary N) is 1. The molecule has 2 heteroatoms. The number of hydrogen-bond donors (Lipinski definition) is 1. The highest BCUT2D eigenvalue weighted by Crippen LogP contribution is 2.42. The van der Waals surface area contributed by atoms with Crippen molar-refractivity contribution in [3.05, 3.63) is 35.8 Å². The van der Waals surface area contributed by atoms with Crippen LogP contribution in [0.15, 0.2) is 24.4 Å². The molecule has 2 aromatic rings. The lowest BCUT2D eigenvalue weighted by Gasteiger charge is -2.00. The zero-order valence-corrected chi connectivity index (χ0v) is 7.18. The van der Waals surface area contributed by atoms with E-state index in [0.717, 1.165) is 29.3 Å². The number of fused-ring (bicyclic) bond motifs is 1. The minimum Gasteiger partial charge on any atom is -0.361 e. The van der Waals surface area contributed by atoms with E-state index < -0.39 is 0 Å². The quantitative estimate of drug-likeness (QED) is 0.685. The third-order valence-corrected chi connectivity index (χ3v) is 2.69. The van der Waals surface area contributed by atoms with E-state index in [1.807, 2.05) is 18.3 Å². The SMILES string of the molecule is Fc1cc2cc[nH]c2cc1C1CC1. The maximum Gasteiger partial charge on any atom is 0.127 e. The summed E-state index contributed by atoms with van der Waals surface area (Å²) < 4.78 is 13.5. The summed E-state index contributed by atoms with van der Waals surface area (Å²) in [6, 6.07) is 5.47. The molecule has 1 aliphatic rings. The second kappa shape index (κ2) is 2.34. The zero-order chi connectivity index (χ0) is 8.84. The molecule has 0 spiro atoms. The maximum absolute atomic E-state index is 13.5. The van der Waals surface area contributed by atoms with Crippen LogP contribution in [0.3, 0.4) is 0 Å². The smallest absolute Gasteiger partial charge is 0.127 e. The van der Waals surface area contributed by atoms with Crippen LogP contribution in [-0.2, 0) is 0 Å². The Bertz CT molecular complexity index is 454. The Morgan fingerprint density at radius 3 is 2.92 bits per heavy atom. The number of aromatic amines is 1. The Labute approximate surface area is 75.6 Å². The van der Waals surface area contributed by atoms with Gasteiger partial charge in [-0.3, -0.25) is 0 Å². The highest BCUT2D eigenvalue weighted by Gasteiger charge is 2.26. The average molecular weight is 175 g/mol. The Morgan fingerprint density at radius 1 is 1.31 bits per heavy atom. The summed E-state index contributed by atoms with van der Waals surface area (Å²) in [6.07, 6.45) is 4.13. The molecular weight excluding hydrogens is 165 g/mol. The number of rotatable bonds is 1. The third kappa shape index (κ3) is 1.05. The van der Waals surface area contributed by atoms with E-state index >= 15 is 0 Å². The summed E-state index contributed by atoms with van der Waals surface area (Å²) in [5.41, 5.74) is 1.93. The predicted octanol–water partition coefficient (Wildman–Crippen LogP) is 3.18. The van der Waals surface area contributed by atoms with Crippen molar-refractivity contribution in [2.24, 2.45) is 0 Å². The first-order valence-corrected chi connectivity index (χ1v) is 4.61. The Balaban J connectivity index is 2.27. The summed E-state index contributed by atoms with van der Waals surface area (Å²) in [5, 5.41) is 0.960. The van der Waals surface area contributed by atoms with Crippen LogP contribution in [0.25, 0.3) is 10.9 Å². The summed E-state index contributed by atoms with van der Waals surface area (Å²) in [4.78, 5) is 3.10. The van der Waals surface area contributed by atoms with Crippen LogP contribution < -0.4 is 0 Å². The zero-order valence-electron chi connectivity index (χ0n) is 7.18. The van der Waals surface area contributed by atoms with Gasteiger partial charge in [-0.05, 0) is 42.5 Å². The second-order valence-electron chi connectivity index (χ2n) is 3.71. The first-order valence-electron chi connectivity index (χ1n) is 4.61. The fourth-order valence-electron chi connectivity index (χ4n) is 1.80. The predicted molar refractivity (Wildman–Crippen MR) is 50.2 cm³/mol. The molecule has 0 atom stereocenters. The van der Waals surface area contributed by atoms with Crippen molar-refractivity contribution >= 4 is 10.9 Å². The normalized spacial score (nSPS) is 16.7. The van der Waals surface area contributed by atoms with Crippen molar-refractivity contribution in [3.8, 4) is 0 Å². The molecule has 1 aromatic carbocycles. The number of hydrogen-bond acceptors (Lipinski definition) is 0. The van der Waals surface area contributed by atoms with Crippen LogP contribution in [-0.4, -0.2) is 4.98 Å². The molecular formula is C11H10FN. The van der Waals surface area contributed by atoms with Gasteiger partial charge in [0.15, 0.2) is 0 Å². The van der Waals surface area contributed by atoms with Gasteiger partial charge >= 0.3 is 0 Å². The first kappa shape index (κ1) is 7.13. The van der Waals surface area contributed by atoms with Crippen LogP contribution in [0.4, 0.5) is 4.39 Å². The van der Waals surface area contributed by atoms with E-state index in [0.29, 0.717) is 5.92 Å². The summed E-state index contributed by atoms with van der Waals surface area (Å²) >= 11 is 0. The van der Waals surface area contributed by atoms with Crippen molar-refractivity contribution in [3.63, 3.8) is 0 Å². The standard InChI is InChI=1S/C11H10FN/c12-10-5-8-3-4-13-11(8)6-9(10)7-1-2-7/h3-7,13H,1-2H2. The molecule has 66 valence electrons. The minimum atomic E-state index is -0.0467. The minimum absolute atomic E-state index is 0.0467. The van der Waals surface area contributed by atoms with Gasteiger partial charge in [0.05, 0.1) is 0 Å². The van der Waals surface area contributed by atoms with E-state index in [9.17, 15) is 4.39 Å². The summed E-state index contributed by atoms with van der Waals surface area (Å²) in [7, 11) is 0. The molecule has 1 N–H and O–H groups in total. The van der Waals surface area contributed by atoms with Gasteiger partial charge in [-0.15, -0.1) is 0 Å². The van der Waals surface area contributed by atoms with Crippen molar-refractivity contribution in [1.29, 1.82) is 0 Å². The van der Waals surface area contributed by atoms with Crippen LogP contribution in [0, 0.1) is 5.82 Å². The van der Waals surface area contributed by atoms with Crippen LogP contribution in [0.1, 0.15) is 24.3 Å². The van der Waals surface area contributed by atoms with Crippen molar-refractivity contribution < 1.29 is 4.39 Å². The van der Waals surface area contributed by atoms with Crippen molar-refractivity contribution in [2.45, 2.75) is 18.8 Å². The van der Waals surface area contributed by atoms with Crippen LogP contribution in [0.5, 0.6) is 0 Å². The highest BCUT2D eigenvalue weighted by atomic mass is 19.1. The molecule has 1 nitrogen and oxygen atoms in total. The Kier molecular flexibility index (Phi) is 1.29. The fraction of sp³-hybridized carbons (Fsp3) is 0.273. The molecule has 13 heavy (non-hydrogen) atoms. The second-order valence-corrected chi connectivity index (χ2v) is 3.71. The maximum atomic E-state index is 13.5. The summed E-state index contributed by atoms with van der Waals surface area (Å²) in [6.45, 7) is 0. The van der Waals surface area contributed by atoms with Gasteiger partial charge in [0.25, 0.3) is 0 Å². The van der Waals surface area contributed by atoms with Crippen LogP contribution >= 0.6 is 0 Å². The summed E-state index contributed by atoms with van der Waals surface area (Å²) in [5.74, 6) is 0.433. The lowest BCUT2D eigenvalue weighted by Crippen LogP contribution is -1.86. The van der Waals surface area contributed by atoms with Gasteiger partial charge in [0.2, 0.25) is 0 Å². The molecule has 0 bridgehead atoms. The van der Waals surface area contributed by atoms with E-state index in [4.69, 9.17) is 0 Å². The molecule has 1 saturated carbocycles. The monoisotopic (exact) mass is 175 g/mol. The van der Waals surface area contributed by atoms with Crippen molar-refractivity contribution in [2.75, 3.05) is 0 Å². The third-order valence-electron chi connectivity index (χ3n) is 2.69. The number of halogens is 1. The lowest BCUT2D eigenvalue weighted by atomic mass is 10.1. The molecule has 0 amide bonds. The average Bonchev–Trinajstić information content (AvgIpc) is 2.85. The first-order chi connectivity index (χ1) is 6.34.